The van der Waals surface area contributed by atoms with Crippen LogP contribution in [0.3, 0.4) is 0 Å². The molecule has 0 spiro atoms. The molecule has 2 aliphatic rings. The van der Waals surface area contributed by atoms with E-state index in [1.807, 2.05) is 6.07 Å². The van der Waals surface area contributed by atoms with Crippen molar-refractivity contribution in [2.75, 3.05) is 0 Å². The van der Waals surface area contributed by atoms with E-state index in [2.05, 4.69) is 17.1 Å². The van der Waals surface area contributed by atoms with Gasteiger partial charge in [-0.3, -0.25) is 0 Å². The summed E-state index contributed by atoms with van der Waals surface area (Å²) in [5, 5.41) is 0. The van der Waals surface area contributed by atoms with E-state index in [4.69, 9.17) is 10.2 Å². The summed E-state index contributed by atoms with van der Waals surface area (Å²) >= 11 is 0. The van der Waals surface area contributed by atoms with Crippen molar-refractivity contribution in [2.24, 2.45) is 5.73 Å². The molecular formula is C14H16N2O. The Kier molecular flexibility index (Phi) is 1.76. The highest BCUT2D eigenvalue weighted by atomic mass is 16.3. The minimum Gasteiger partial charge on any atom is -0.440 e. The van der Waals surface area contributed by atoms with Gasteiger partial charge in [-0.2, -0.15) is 0 Å². The molecule has 88 valence electrons. The Bertz CT molecular complexity index is 579. The van der Waals surface area contributed by atoms with Gasteiger partial charge in [0.1, 0.15) is 5.52 Å². The number of fused-ring (bicyclic) bond motifs is 1. The lowest BCUT2D eigenvalue weighted by molar-refractivity contribution is 0.533. The second kappa shape index (κ2) is 3.10. The third kappa shape index (κ3) is 1.75. The largest absolute Gasteiger partial charge is 0.440 e. The van der Waals surface area contributed by atoms with Crippen LogP contribution in [0.1, 0.15) is 43.1 Å². The Hall–Kier alpha value is -1.35. The van der Waals surface area contributed by atoms with E-state index >= 15 is 0 Å². The zero-order chi connectivity index (χ0) is 11.5. The summed E-state index contributed by atoms with van der Waals surface area (Å²) in [6.07, 6.45) is 5.72. The van der Waals surface area contributed by atoms with Crippen molar-refractivity contribution < 1.29 is 4.42 Å². The molecule has 1 aromatic carbocycles. The zero-order valence-corrected chi connectivity index (χ0v) is 9.78. The number of hydrogen-bond donors (Lipinski definition) is 1. The predicted octanol–water partition coefficient (Wildman–Crippen LogP) is 2.74. The summed E-state index contributed by atoms with van der Waals surface area (Å²) in [4.78, 5) is 4.58. The standard InChI is InChI=1S/C14H16N2O/c15-14(5-6-14)8-9-1-4-12-11(7-9)16-13(17-12)10-2-3-10/h1,4,7,10H,2-3,5-6,8,15H2. The van der Waals surface area contributed by atoms with Gasteiger partial charge in [0.15, 0.2) is 11.5 Å². The first-order chi connectivity index (χ1) is 8.22. The molecule has 17 heavy (non-hydrogen) atoms. The molecule has 4 rings (SSSR count). The molecule has 1 heterocycles. The number of oxazole rings is 1. The van der Waals surface area contributed by atoms with Gasteiger partial charge in [-0.05, 0) is 49.8 Å². The summed E-state index contributed by atoms with van der Waals surface area (Å²) < 4.78 is 5.75. The van der Waals surface area contributed by atoms with Crippen LogP contribution in [0.15, 0.2) is 22.6 Å². The van der Waals surface area contributed by atoms with Gasteiger partial charge in [-0.25, -0.2) is 4.98 Å². The Labute approximate surface area is 100 Å². The molecule has 1 aromatic heterocycles. The highest BCUT2D eigenvalue weighted by molar-refractivity contribution is 5.73. The molecule has 0 aliphatic heterocycles. The van der Waals surface area contributed by atoms with Crippen molar-refractivity contribution >= 4 is 11.1 Å². The van der Waals surface area contributed by atoms with Gasteiger partial charge < -0.3 is 10.2 Å². The lowest BCUT2D eigenvalue weighted by atomic mass is 10.0. The number of aromatic nitrogens is 1. The van der Waals surface area contributed by atoms with Crippen molar-refractivity contribution in [3.8, 4) is 0 Å². The molecule has 3 heteroatoms. The summed E-state index contributed by atoms with van der Waals surface area (Å²) in [5.41, 5.74) is 9.40. The van der Waals surface area contributed by atoms with Crippen LogP contribution in [0, 0.1) is 0 Å². The number of hydrogen-bond acceptors (Lipinski definition) is 3. The fourth-order valence-corrected chi connectivity index (χ4v) is 2.35. The molecule has 2 aliphatic carbocycles. The lowest BCUT2D eigenvalue weighted by Crippen LogP contribution is -2.24. The zero-order valence-electron chi connectivity index (χ0n) is 9.78. The maximum absolute atomic E-state index is 6.14. The molecule has 2 saturated carbocycles. The average molecular weight is 228 g/mol. The molecule has 2 aromatic rings. The predicted molar refractivity (Wildman–Crippen MR) is 65.8 cm³/mol. The van der Waals surface area contributed by atoms with E-state index in [-0.39, 0.29) is 5.54 Å². The number of nitrogens with zero attached hydrogens (tertiary/aromatic N) is 1. The topological polar surface area (TPSA) is 52.0 Å². The Morgan fingerprint density at radius 1 is 1.35 bits per heavy atom. The van der Waals surface area contributed by atoms with Gasteiger partial charge in [0.2, 0.25) is 0 Å². The Morgan fingerprint density at radius 3 is 2.88 bits per heavy atom. The molecule has 0 bridgehead atoms. The van der Waals surface area contributed by atoms with E-state index in [0.717, 1.165) is 36.3 Å². The maximum atomic E-state index is 6.14. The van der Waals surface area contributed by atoms with E-state index in [9.17, 15) is 0 Å². The average Bonchev–Trinajstić information content (AvgIpc) is 3.21. The van der Waals surface area contributed by atoms with Crippen LogP contribution in [-0.4, -0.2) is 10.5 Å². The molecule has 2 fully saturated rings. The highest BCUT2D eigenvalue weighted by Crippen LogP contribution is 2.41. The Balaban J connectivity index is 1.70. The molecule has 3 nitrogen and oxygen atoms in total. The van der Waals surface area contributed by atoms with Crippen LogP contribution in [0.5, 0.6) is 0 Å². The maximum Gasteiger partial charge on any atom is 0.198 e. The normalized spacial score (nSPS) is 21.9. The first-order valence-electron chi connectivity index (χ1n) is 6.40. The molecule has 2 N–H and O–H groups in total. The van der Waals surface area contributed by atoms with Crippen LogP contribution >= 0.6 is 0 Å². The summed E-state index contributed by atoms with van der Waals surface area (Å²) in [7, 11) is 0. The van der Waals surface area contributed by atoms with Crippen LogP contribution < -0.4 is 5.73 Å². The van der Waals surface area contributed by atoms with E-state index in [1.54, 1.807) is 0 Å². The first kappa shape index (κ1) is 9.66. The molecule has 0 saturated heterocycles. The third-order valence-electron chi connectivity index (χ3n) is 3.84. The van der Waals surface area contributed by atoms with Crippen LogP contribution in [-0.2, 0) is 6.42 Å². The van der Waals surface area contributed by atoms with Gasteiger partial charge in [0.25, 0.3) is 0 Å². The lowest BCUT2D eigenvalue weighted by Gasteiger charge is -2.07. The van der Waals surface area contributed by atoms with E-state index in [0.29, 0.717) is 5.92 Å². The van der Waals surface area contributed by atoms with Gasteiger partial charge in [0.05, 0.1) is 0 Å². The highest BCUT2D eigenvalue weighted by Gasteiger charge is 2.38. The van der Waals surface area contributed by atoms with Gasteiger partial charge in [0, 0.05) is 11.5 Å². The minimum atomic E-state index is 0.0662. The second-order valence-electron chi connectivity index (χ2n) is 5.67. The second-order valence-corrected chi connectivity index (χ2v) is 5.67. The van der Waals surface area contributed by atoms with Gasteiger partial charge in [-0.15, -0.1) is 0 Å². The first-order valence-corrected chi connectivity index (χ1v) is 6.40. The fourth-order valence-electron chi connectivity index (χ4n) is 2.35. The van der Waals surface area contributed by atoms with Crippen molar-refractivity contribution in [1.82, 2.24) is 4.98 Å². The van der Waals surface area contributed by atoms with E-state index in [1.165, 1.54) is 18.4 Å². The van der Waals surface area contributed by atoms with Crippen LogP contribution in [0.2, 0.25) is 0 Å². The summed E-state index contributed by atoms with van der Waals surface area (Å²) in [5.74, 6) is 1.50. The fraction of sp³-hybridized carbons (Fsp3) is 0.500. The Morgan fingerprint density at radius 2 is 2.18 bits per heavy atom. The number of nitrogens with two attached hydrogens (primary N) is 1. The molecule has 0 unspecified atom stereocenters. The molecule has 0 amide bonds. The van der Waals surface area contributed by atoms with Crippen molar-refractivity contribution in [1.29, 1.82) is 0 Å². The third-order valence-corrected chi connectivity index (χ3v) is 3.84. The van der Waals surface area contributed by atoms with Crippen LogP contribution in [0.25, 0.3) is 11.1 Å². The van der Waals surface area contributed by atoms with Crippen LogP contribution in [0.4, 0.5) is 0 Å². The molecular weight excluding hydrogens is 212 g/mol. The van der Waals surface area contributed by atoms with Gasteiger partial charge >= 0.3 is 0 Å². The van der Waals surface area contributed by atoms with Crippen molar-refractivity contribution in [3.05, 3.63) is 29.7 Å². The SMILES string of the molecule is NC1(Cc2ccc3oc(C4CC4)nc3c2)CC1. The summed E-state index contributed by atoms with van der Waals surface area (Å²) in [6, 6.07) is 6.30. The quantitative estimate of drug-likeness (QED) is 0.878. The molecule has 0 radical (unpaired) electrons. The summed E-state index contributed by atoms with van der Waals surface area (Å²) in [6.45, 7) is 0. The van der Waals surface area contributed by atoms with Gasteiger partial charge in [-0.1, -0.05) is 6.07 Å². The minimum absolute atomic E-state index is 0.0662. The van der Waals surface area contributed by atoms with E-state index < -0.39 is 0 Å². The van der Waals surface area contributed by atoms with Crippen molar-refractivity contribution in [2.45, 2.75) is 43.6 Å². The monoisotopic (exact) mass is 228 g/mol. The number of rotatable bonds is 3. The van der Waals surface area contributed by atoms with Crippen molar-refractivity contribution in [3.63, 3.8) is 0 Å². The number of benzene rings is 1. The smallest absolute Gasteiger partial charge is 0.198 e. The molecule has 0 atom stereocenters.